The van der Waals surface area contributed by atoms with Crippen molar-refractivity contribution in [3.05, 3.63) is 58.4 Å². The molecule has 6 heteroatoms. The maximum absolute atomic E-state index is 13.4. The molecule has 0 unspecified atom stereocenters. The first-order chi connectivity index (χ1) is 10.6. The lowest BCUT2D eigenvalue weighted by Crippen LogP contribution is -2.18. The highest BCUT2D eigenvalue weighted by Crippen LogP contribution is 2.31. The number of amides is 1. The van der Waals surface area contributed by atoms with Gasteiger partial charge in [0, 0.05) is 30.8 Å². The van der Waals surface area contributed by atoms with Gasteiger partial charge in [0.25, 0.3) is 5.91 Å². The van der Waals surface area contributed by atoms with Crippen molar-refractivity contribution < 1.29 is 9.18 Å². The third-order valence-corrected chi connectivity index (χ3v) is 3.66. The number of anilines is 1. The molecule has 0 aromatic heterocycles. The fourth-order valence-corrected chi connectivity index (χ4v) is 2.50. The Morgan fingerprint density at radius 1 is 1.32 bits per heavy atom. The van der Waals surface area contributed by atoms with E-state index in [4.69, 9.17) is 11.6 Å². The van der Waals surface area contributed by atoms with Crippen molar-refractivity contribution >= 4 is 34.7 Å². The van der Waals surface area contributed by atoms with Crippen LogP contribution in [0.3, 0.4) is 0 Å². The molecule has 0 fully saturated rings. The first-order valence-corrected chi connectivity index (χ1v) is 7.09. The summed E-state index contributed by atoms with van der Waals surface area (Å²) in [5.74, 6) is 0.0481. The van der Waals surface area contributed by atoms with Crippen molar-refractivity contribution in [2.24, 2.45) is 4.99 Å². The molecular formula is C16H13ClFN3O. The summed E-state index contributed by atoms with van der Waals surface area (Å²) >= 11 is 5.78. The van der Waals surface area contributed by atoms with Crippen LogP contribution in [-0.2, 0) is 6.42 Å². The first kappa shape index (κ1) is 14.5. The number of hydrogen-bond acceptors (Lipinski definition) is 3. The number of nitrogens with zero attached hydrogens (tertiary/aromatic N) is 1. The minimum atomic E-state index is -0.480. The van der Waals surface area contributed by atoms with Gasteiger partial charge in [-0.25, -0.2) is 9.38 Å². The zero-order valence-corrected chi connectivity index (χ0v) is 12.5. The molecule has 0 bridgehead atoms. The van der Waals surface area contributed by atoms with E-state index >= 15 is 0 Å². The monoisotopic (exact) mass is 317 g/mol. The average molecular weight is 318 g/mol. The number of fused-ring (bicyclic) bond motifs is 1. The number of halogens is 2. The van der Waals surface area contributed by atoms with Crippen molar-refractivity contribution in [3.63, 3.8) is 0 Å². The Labute approximate surface area is 132 Å². The molecule has 0 atom stereocenters. The van der Waals surface area contributed by atoms with Crippen LogP contribution in [0.2, 0.25) is 5.02 Å². The Hall–Kier alpha value is -2.40. The SMILES string of the molecule is CNC(=O)c1cccc(NC2=Nc3cc(F)c(Cl)cc3C2)c1. The zero-order chi connectivity index (χ0) is 15.7. The molecule has 3 rings (SSSR count). The number of amidine groups is 1. The van der Waals surface area contributed by atoms with Gasteiger partial charge in [-0.15, -0.1) is 0 Å². The predicted molar refractivity (Wildman–Crippen MR) is 85.7 cm³/mol. The lowest BCUT2D eigenvalue weighted by Gasteiger charge is -2.07. The second-order valence-electron chi connectivity index (χ2n) is 4.92. The molecule has 0 aliphatic carbocycles. The van der Waals surface area contributed by atoms with Gasteiger partial charge in [0.05, 0.1) is 10.7 Å². The number of rotatable bonds is 2. The molecule has 0 saturated heterocycles. The lowest BCUT2D eigenvalue weighted by atomic mass is 10.1. The molecule has 0 radical (unpaired) electrons. The summed E-state index contributed by atoms with van der Waals surface area (Å²) in [7, 11) is 1.58. The van der Waals surface area contributed by atoms with Crippen LogP contribution in [0.1, 0.15) is 15.9 Å². The van der Waals surface area contributed by atoms with E-state index in [1.54, 1.807) is 31.3 Å². The summed E-state index contributed by atoms with van der Waals surface area (Å²) in [6.07, 6.45) is 0.541. The molecule has 0 spiro atoms. The van der Waals surface area contributed by atoms with Gasteiger partial charge in [-0.3, -0.25) is 4.79 Å². The molecule has 1 aliphatic heterocycles. The Kier molecular flexibility index (Phi) is 3.81. The third kappa shape index (κ3) is 2.80. The molecule has 1 heterocycles. The normalized spacial score (nSPS) is 12.6. The topological polar surface area (TPSA) is 53.5 Å². The number of benzene rings is 2. The van der Waals surface area contributed by atoms with Gasteiger partial charge >= 0.3 is 0 Å². The van der Waals surface area contributed by atoms with Gasteiger partial charge in [0.15, 0.2) is 0 Å². The van der Waals surface area contributed by atoms with Crippen molar-refractivity contribution in [3.8, 4) is 0 Å². The summed E-state index contributed by atoms with van der Waals surface area (Å²) in [6.45, 7) is 0. The lowest BCUT2D eigenvalue weighted by molar-refractivity contribution is 0.0963. The summed E-state index contributed by atoms with van der Waals surface area (Å²) in [6, 6.07) is 10.00. The smallest absolute Gasteiger partial charge is 0.251 e. The number of carbonyl (C=O) groups excluding carboxylic acids is 1. The quantitative estimate of drug-likeness (QED) is 0.890. The second-order valence-corrected chi connectivity index (χ2v) is 5.32. The molecule has 0 saturated carbocycles. The van der Waals surface area contributed by atoms with Crippen LogP contribution in [0, 0.1) is 5.82 Å². The van der Waals surface area contributed by atoms with E-state index in [0.717, 1.165) is 11.3 Å². The maximum atomic E-state index is 13.4. The number of carbonyl (C=O) groups is 1. The van der Waals surface area contributed by atoms with E-state index in [1.807, 2.05) is 6.07 Å². The third-order valence-electron chi connectivity index (χ3n) is 3.38. The van der Waals surface area contributed by atoms with E-state index in [2.05, 4.69) is 15.6 Å². The van der Waals surface area contributed by atoms with E-state index in [9.17, 15) is 9.18 Å². The summed E-state index contributed by atoms with van der Waals surface area (Å²) < 4.78 is 13.4. The first-order valence-electron chi connectivity index (χ1n) is 6.71. The molecule has 112 valence electrons. The molecule has 2 aromatic rings. The molecule has 2 N–H and O–H groups in total. The van der Waals surface area contributed by atoms with Crippen LogP contribution in [0.15, 0.2) is 41.4 Å². The number of nitrogens with one attached hydrogen (secondary N) is 2. The standard InChI is InChI=1S/C16H13ClFN3O/c1-19-16(22)9-3-2-4-11(5-9)20-15-7-10-6-12(17)13(18)8-14(10)21-15/h2-6,8H,7H2,1H3,(H,19,22)(H,20,21). The molecule has 1 aliphatic rings. The summed E-state index contributed by atoms with van der Waals surface area (Å²) in [5, 5.41) is 5.82. The van der Waals surface area contributed by atoms with Crippen molar-refractivity contribution in [2.45, 2.75) is 6.42 Å². The van der Waals surface area contributed by atoms with Gasteiger partial charge in [-0.1, -0.05) is 17.7 Å². The Morgan fingerprint density at radius 2 is 2.14 bits per heavy atom. The van der Waals surface area contributed by atoms with Crippen molar-refractivity contribution in [2.75, 3.05) is 12.4 Å². The second kappa shape index (κ2) is 5.77. The fourth-order valence-electron chi connectivity index (χ4n) is 2.31. The Morgan fingerprint density at radius 3 is 2.91 bits per heavy atom. The number of hydrogen-bond donors (Lipinski definition) is 2. The highest BCUT2D eigenvalue weighted by molar-refractivity contribution is 6.31. The molecular weight excluding hydrogens is 305 g/mol. The van der Waals surface area contributed by atoms with Crippen molar-refractivity contribution in [1.82, 2.24) is 5.32 Å². The van der Waals surface area contributed by atoms with E-state index < -0.39 is 5.82 Å². The van der Waals surface area contributed by atoms with E-state index in [0.29, 0.717) is 23.5 Å². The van der Waals surface area contributed by atoms with E-state index in [-0.39, 0.29) is 10.9 Å². The van der Waals surface area contributed by atoms with Gasteiger partial charge < -0.3 is 10.6 Å². The maximum Gasteiger partial charge on any atom is 0.251 e. The predicted octanol–water partition coefficient (Wildman–Crippen LogP) is 3.54. The highest BCUT2D eigenvalue weighted by Gasteiger charge is 2.17. The fraction of sp³-hybridized carbons (Fsp3) is 0.125. The van der Waals surface area contributed by atoms with Crippen LogP contribution in [0.4, 0.5) is 15.8 Å². The van der Waals surface area contributed by atoms with Crippen LogP contribution < -0.4 is 10.6 Å². The van der Waals surface area contributed by atoms with E-state index in [1.165, 1.54) is 6.07 Å². The highest BCUT2D eigenvalue weighted by atomic mass is 35.5. The summed E-state index contributed by atoms with van der Waals surface area (Å²) in [5.41, 5.74) is 2.75. The van der Waals surface area contributed by atoms with Crippen LogP contribution in [0.5, 0.6) is 0 Å². The van der Waals surface area contributed by atoms with Crippen LogP contribution in [0.25, 0.3) is 0 Å². The van der Waals surface area contributed by atoms with Gasteiger partial charge in [-0.2, -0.15) is 0 Å². The number of aliphatic imine (C=N–C) groups is 1. The molecule has 2 aromatic carbocycles. The van der Waals surface area contributed by atoms with Gasteiger partial charge in [0.2, 0.25) is 0 Å². The minimum Gasteiger partial charge on any atom is -0.355 e. The van der Waals surface area contributed by atoms with Gasteiger partial charge in [-0.05, 0) is 29.8 Å². The molecule has 4 nitrogen and oxygen atoms in total. The Bertz CT molecular complexity index is 789. The van der Waals surface area contributed by atoms with Crippen molar-refractivity contribution in [1.29, 1.82) is 0 Å². The largest absolute Gasteiger partial charge is 0.355 e. The van der Waals surface area contributed by atoms with Gasteiger partial charge in [0.1, 0.15) is 11.7 Å². The van der Waals surface area contributed by atoms with Crippen LogP contribution in [-0.4, -0.2) is 18.8 Å². The molecule has 22 heavy (non-hydrogen) atoms. The Balaban J connectivity index is 1.81. The van der Waals surface area contributed by atoms with Crippen LogP contribution >= 0.6 is 11.6 Å². The minimum absolute atomic E-state index is 0.0943. The average Bonchev–Trinajstić information content (AvgIpc) is 2.88. The molecule has 1 amide bonds. The summed E-state index contributed by atoms with van der Waals surface area (Å²) in [4.78, 5) is 16.0. The zero-order valence-electron chi connectivity index (χ0n) is 11.8.